The lowest BCUT2D eigenvalue weighted by atomic mass is 10.1. The van der Waals surface area contributed by atoms with Crippen LogP contribution in [-0.4, -0.2) is 44.6 Å². The van der Waals surface area contributed by atoms with Gasteiger partial charge in [0.05, 0.1) is 13.2 Å². The van der Waals surface area contributed by atoms with E-state index in [-0.39, 0.29) is 6.61 Å². The SMILES string of the molecule is OCCOCCCNCc1ccccc1N1CCCC1. The fourth-order valence-electron chi connectivity index (χ4n) is 2.62. The molecule has 0 saturated carbocycles. The second-order valence-corrected chi connectivity index (χ2v) is 5.19. The molecule has 0 unspecified atom stereocenters. The Balaban J connectivity index is 1.72. The number of hydrogen-bond donors (Lipinski definition) is 2. The highest BCUT2D eigenvalue weighted by Gasteiger charge is 2.14. The molecule has 0 atom stereocenters. The number of nitrogens with one attached hydrogen (secondary N) is 1. The topological polar surface area (TPSA) is 44.7 Å². The van der Waals surface area contributed by atoms with Crippen LogP contribution in [0.25, 0.3) is 0 Å². The van der Waals surface area contributed by atoms with Gasteiger partial charge < -0.3 is 20.1 Å². The summed E-state index contributed by atoms with van der Waals surface area (Å²) in [7, 11) is 0. The number of hydrogen-bond acceptors (Lipinski definition) is 4. The van der Waals surface area contributed by atoms with Crippen molar-refractivity contribution in [2.45, 2.75) is 25.8 Å². The van der Waals surface area contributed by atoms with Gasteiger partial charge in [-0.25, -0.2) is 0 Å². The molecule has 20 heavy (non-hydrogen) atoms. The second kappa shape index (κ2) is 8.95. The molecule has 0 spiro atoms. The van der Waals surface area contributed by atoms with Crippen LogP contribution < -0.4 is 10.2 Å². The number of benzene rings is 1. The van der Waals surface area contributed by atoms with Crippen LogP contribution in [0.1, 0.15) is 24.8 Å². The number of aliphatic hydroxyl groups excluding tert-OH is 1. The van der Waals surface area contributed by atoms with E-state index in [1.165, 1.54) is 37.2 Å². The van der Waals surface area contributed by atoms with Gasteiger partial charge in [-0.15, -0.1) is 0 Å². The molecule has 1 saturated heterocycles. The predicted molar refractivity (Wildman–Crippen MR) is 82.1 cm³/mol. The molecule has 4 nitrogen and oxygen atoms in total. The summed E-state index contributed by atoms with van der Waals surface area (Å²) in [6.45, 7) is 5.49. The monoisotopic (exact) mass is 278 g/mol. The first-order valence-corrected chi connectivity index (χ1v) is 7.64. The highest BCUT2D eigenvalue weighted by Crippen LogP contribution is 2.24. The van der Waals surface area contributed by atoms with Crippen molar-refractivity contribution in [1.82, 2.24) is 5.32 Å². The minimum atomic E-state index is 0.108. The molecule has 112 valence electrons. The maximum atomic E-state index is 8.61. The number of para-hydroxylation sites is 1. The molecular formula is C16H26N2O2. The fourth-order valence-corrected chi connectivity index (χ4v) is 2.62. The summed E-state index contributed by atoms with van der Waals surface area (Å²) in [6, 6.07) is 8.68. The van der Waals surface area contributed by atoms with Gasteiger partial charge in [0, 0.05) is 31.9 Å². The zero-order valence-corrected chi connectivity index (χ0v) is 12.2. The van der Waals surface area contributed by atoms with Crippen molar-refractivity contribution in [2.75, 3.05) is 44.4 Å². The van der Waals surface area contributed by atoms with Gasteiger partial charge in [-0.1, -0.05) is 18.2 Å². The van der Waals surface area contributed by atoms with Gasteiger partial charge in [-0.3, -0.25) is 0 Å². The highest BCUT2D eigenvalue weighted by molar-refractivity contribution is 5.54. The smallest absolute Gasteiger partial charge is 0.0697 e. The van der Waals surface area contributed by atoms with Gasteiger partial charge in [0.1, 0.15) is 0 Å². The molecule has 0 aliphatic carbocycles. The van der Waals surface area contributed by atoms with Gasteiger partial charge in [-0.05, 0) is 37.4 Å². The van der Waals surface area contributed by atoms with Crippen molar-refractivity contribution in [1.29, 1.82) is 0 Å². The first kappa shape index (κ1) is 15.3. The number of rotatable bonds is 9. The summed E-state index contributed by atoms with van der Waals surface area (Å²) in [5.74, 6) is 0. The molecule has 0 radical (unpaired) electrons. The van der Waals surface area contributed by atoms with Crippen molar-refractivity contribution < 1.29 is 9.84 Å². The minimum Gasteiger partial charge on any atom is -0.394 e. The number of ether oxygens (including phenoxy) is 1. The normalized spacial score (nSPS) is 14.9. The maximum absolute atomic E-state index is 8.61. The lowest BCUT2D eigenvalue weighted by Crippen LogP contribution is -2.22. The summed E-state index contributed by atoms with van der Waals surface area (Å²) in [5.41, 5.74) is 2.76. The van der Waals surface area contributed by atoms with Crippen LogP contribution in [0, 0.1) is 0 Å². The van der Waals surface area contributed by atoms with Crippen LogP contribution in [0.2, 0.25) is 0 Å². The second-order valence-electron chi connectivity index (χ2n) is 5.19. The van der Waals surface area contributed by atoms with Gasteiger partial charge in [-0.2, -0.15) is 0 Å². The van der Waals surface area contributed by atoms with Gasteiger partial charge >= 0.3 is 0 Å². The van der Waals surface area contributed by atoms with E-state index >= 15 is 0 Å². The van der Waals surface area contributed by atoms with Crippen molar-refractivity contribution in [3.63, 3.8) is 0 Å². The molecule has 0 bridgehead atoms. The van der Waals surface area contributed by atoms with E-state index in [2.05, 4.69) is 34.5 Å². The highest BCUT2D eigenvalue weighted by atomic mass is 16.5. The first-order valence-electron chi connectivity index (χ1n) is 7.64. The fraction of sp³-hybridized carbons (Fsp3) is 0.625. The Morgan fingerprint density at radius 3 is 2.75 bits per heavy atom. The molecule has 1 aliphatic heterocycles. The summed E-state index contributed by atoms with van der Waals surface area (Å²) in [4.78, 5) is 2.49. The Kier molecular flexibility index (Phi) is 6.84. The van der Waals surface area contributed by atoms with Crippen molar-refractivity contribution in [3.05, 3.63) is 29.8 Å². The zero-order chi connectivity index (χ0) is 14.0. The third-order valence-electron chi connectivity index (χ3n) is 3.63. The van der Waals surface area contributed by atoms with E-state index in [0.29, 0.717) is 13.2 Å². The average molecular weight is 278 g/mol. The number of nitrogens with zero attached hydrogens (tertiary/aromatic N) is 1. The first-order chi connectivity index (χ1) is 9.92. The van der Waals surface area contributed by atoms with Gasteiger partial charge in [0.25, 0.3) is 0 Å². The van der Waals surface area contributed by atoms with Crippen molar-refractivity contribution in [3.8, 4) is 0 Å². The Bertz CT molecular complexity index is 378. The quantitative estimate of drug-likeness (QED) is 0.676. The van der Waals surface area contributed by atoms with Crippen molar-refractivity contribution >= 4 is 5.69 Å². The van der Waals surface area contributed by atoms with Crippen LogP contribution in [0.3, 0.4) is 0 Å². The molecule has 1 heterocycles. The molecule has 0 amide bonds. The Morgan fingerprint density at radius 2 is 1.95 bits per heavy atom. The van der Waals surface area contributed by atoms with Crippen LogP contribution in [0.15, 0.2) is 24.3 Å². The largest absolute Gasteiger partial charge is 0.394 e. The number of anilines is 1. The molecule has 4 heteroatoms. The molecule has 1 aliphatic rings. The summed E-state index contributed by atoms with van der Waals surface area (Å²) >= 11 is 0. The van der Waals surface area contributed by atoms with Crippen LogP contribution in [0.5, 0.6) is 0 Å². The molecule has 1 aromatic carbocycles. The number of aliphatic hydroxyl groups is 1. The lowest BCUT2D eigenvalue weighted by Gasteiger charge is -2.21. The average Bonchev–Trinajstić information content (AvgIpc) is 3.01. The van der Waals surface area contributed by atoms with Crippen LogP contribution in [-0.2, 0) is 11.3 Å². The third kappa shape index (κ3) is 4.78. The maximum Gasteiger partial charge on any atom is 0.0697 e. The summed E-state index contributed by atoms with van der Waals surface area (Å²) < 4.78 is 5.24. The Labute approximate surface area is 121 Å². The van der Waals surface area contributed by atoms with Crippen LogP contribution in [0.4, 0.5) is 5.69 Å². The lowest BCUT2D eigenvalue weighted by molar-refractivity contribution is 0.0907. The summed E-state index contributed by atoms with van der Waals surface area (Å²) in [6.07, 6.45) is 3.60. The summed E-state index contributed by atoms with van der Waals surface area (Å²) in [5, 5.41) is 12.1. The standard InChI is InChI=1S/C16H26N2O2/c19-11-13-20-12-5-8-17-14-15-6-1-2-7-16(15)18-9-3-4-10-18/h1-2,6-7,17,19H,3-5,8-14H2. The Hall–Kier alpha value is -1.10. The molecule has 2 rings (SSSR count). The molecule has 0 aromatic heterocycles. The van der Waals surface area contributed by atoms with Crippen LogP contribution >= 0.6 is 0 Å². The zero-order valence-electron chi connectivity index (χ0n) is 12.2. The van der Waals surface area contributed by atoms with E-state index < -0.39 is 0 Å². The van der Waals surface area contributed by atoms with Gasteiger partial charge in [0.15, 0.2) is 0 Å². The minimum absolute atomic E-state index is 0.108. The predicted octanol–water partition coefficient (Wildman–Crippen LogP) is 1.78. The van der Waals surface area contributed by atoms with E-state index in [0.717, 1.165) is 19.5 Å². The van der Waals surface area contributed by atoms with E-state index in [1.807, 2.05) is 0 Å². The van der Waals surface area contributed by atoms with Gasteiger partial charge in [0.2, 0.25) is 0 Å². The molecular weight excluding hydrogens is 252 g/mol. The van der Waals surface area contributed by atoms with E-state index in [1.54, 1.807) is 0 Å². The molecule has 1 fully saturated rings. The van der Waals surface area contributed by atoms with E-state index in [4.69, 9.17) is 9.84 Å². The Morgan fingerprint density at radius 1 is 1.15 bits per heavy atom. The molecule has 2 N–H and O–H groups in total. The molecule has 1 aromatic rings. The van der Waals surface area contributed by atoms with Crippen molar-refractivity contribution in [2.24, 2.45) is 0 Å². The van der Waals surface area contributed by atoms with E-state index in [9.17, 15) is 0 Å². The third-order valence-corrected chi connectivity index (χ3v) is 3.63.